The molecule has 0 aliphatic carbocycles. The van der Waals surface area contributed by atoms with Crippen molar-refractivity contribution in [2.45, 2.75) is 6.92 Å². The number of carboxylic acids is 1. The Bertz CT molecular complexity index is 72.9. The van der Waals surface area contributed by atoms with Crippen LogP contribution in [0.2, 0.25) is 0 Å². The van der Waals surface area contributed by atoms with E-state index in [0.29, 0.717) is 0 Å². The monoisotopic (exact) mass is 157 g/mol. The van der Waals surface area contributed by atoms with Gasteiger partial charge in [0.1, 0.15) is 0 Å². The molecule has 0 saturated carbocycles. The van der Waals surface area contributed by atoms with Crippen molar-refractivity contribution in [1.29, 1.82) is 0 Å². The Morgan fingerprint density at radius 1 is 1.50 bits per heavy atom. The molecule has 0 aliphatic heterocycles. The molecule has 0 unspecified atom stereocenters. The summed E-state index contributed by atoms with van der Waals surface area (Å²) in [5, 5.41) is 21.1. The quantitative estimate of drug-likeness (QED) is 0.284. The summed E-state index contributed by atoms with van der Waals surface area (Å²) in [5.74, 6) is -0.833. The average Bonchev–Trinajstić information content (AvgIpc) is 1.25. The number of carboxylic acid groups (broad SMARTS) is 1. The van der Waals surface area contributed by atoms with Crippen molar-refractivity contribution in [1.82, 2.24) is 12.3 Å². The molecule has 0 aromatic rings. The van der Waals surface area contributed by atoms with E-state index in [1.165, 1.54) is 0 Å². The standard InChI is InChI=1S/C2H4O2.HNO3.2H3N/c1-2(3)4;2-1(3)4;;/h1H3,(H,3,4);(H,2,3,4);2*1H3. The van der Waals surface area contributed by atoms with E-state index in [0.717, 1.165) is 6.92 Å². The predicted octanol–water partition coefficient (Wildman–Crippen LogP) is 0.0672. The Kier molecular flexibility index (Phi) is 36.7. The lowest BCUT2D eigenvalue weighted by atomic mass is 10.9. The van der Waals surface area contributed by atoms with Crippen molar-refractivity contribution < 1.29 is 20.2 Å². The van der Waals surface area contributed by atoms with Crippen LogP contribution in [0.4, 0.5) is 0 Å². The van der Waals surface area contributed by atoms with Crippen molar-refractivity contribution in [2.24, 2.45) is 0 Å². The number of hydrogen-bond acceptors (Lipinski definition) is 5. The molecule has 8 heteroatoms. The maximum atomic E-state index is 9.00. The lowest BCUT2D eigenvalue weighted by molar-refractivity contribution is -0.742. The Hall–Kier alpha value is -1.41. The molecule has 8 nitrogen and oxygen atoms in total. The van der Waals surface area contributed by atoms with Crippen LogP contribution in [0.5, 0.6) is 0 Å². The van der Waals surface area contributed by atoms with E-state index in [1.54, 1.807) is 0 Å². The minimum atomic E-state index is -1.50. The van der Waals surface area contributed by atoms with Crippen LogP contribution < -0.4 is 12.3 Å². The second-order valence-electron chi connectivity index (χ2n) is 0.757. The molecule has 0 aliphatic rings. The fraction of sp³-hybridized carbons (Fsp3) is 0.500. The maximum absolute atomic E-state index is 9.00. The van der Waals surface area contributed by atoms with Gasteiger partial charge in [-0.3, -0.25) is 4.79 Å². The van der Waals surface area contributed by atoms with E-state index < -0.39 is 11.1 Å². The van der Waals surface area contributed by atoms with Crippen LogP contribution in [0.1, 0.15) is 6.92 Å². The molecular formula is C2H11N3O5. The summed E-state index contributed by atoms with van der Waals surface area (Å²) in [5.41, 5.74) is 0. The van der Waals surface area contributed by atoms with Gasteiger partial charge in [0.2, 0.25) is 0 Å². The van der Waals surface area contributed by atoms with E-state index in [9.17, 15) is 0 Å². The van der Waals surface area contributed by atoms with Crippen LogP contribution >= 0.6 is 0 Å². The summed E-state index contributed by atoms with van der Waals surface area (Å²) in [7, 11) is 0. The van der Waals surface area contributed by atoms with Crippen LogP contribution in [0.25, 0.3) is 0 Å². The Balaban J connectivity index is -0.0000000300. The van der Waals surface area contributed by atoms with Gasteiger partial charge < -0.3 is 22.6 Å². The molecule has 0 aromatic heterocycles. The largest absolute Gasteiger partial charge is 0.481 e. The van der Waals surface area contributed by atoms with E-state index in [1.807, 2.05) is 0 Å². The average molecular weight is 157 g/mol. The molecule has 0 radical (unpaired) electrons. The maximum Gasteiger partial charge on any atom is 0.300 e. The number of hydrogen-bond donors (Lipinski definition) is 4. The normalized spacial score (nSPS) is 4.90. The molecule has 0 bridgehead atoms. The summed E-state index contributed by atoms with van der Waals surface area (Å²) in [6.07, 6.45) is 0. The van der Waals surface area contributed by atoms with Gasteiger partial charge in [-0.1, -0.05) is 0 Å². The molecule has 10 heavy (non-hydrogen) atoms. The van der Waals surface area contributed by atoms with Crippen molar-refractivity contribution in [3.05, 3.63) is 10.1 Å². The number of carbonyl (C=O) groups is 1. The van der Waals surface area contributed by atoms with Gasteiger partial charge in [0.15, 0.2) is 0 Å². The highest BCUT2D eigenvalue weighted by Gasteiger charge is 1.65. The lowest BCUT2D eigenvalue weighted by Crippen LogP contribution is -1.81. The minimum Gasteiger partial charge on any atom is -0.481 e. The number of nitrogens with zero attached hydrogens (tertiary/aromatic N) is 1. The molecule has 0 spiro atoms. The molecule has 64 valence electrons. The molecule has 0 rings (SSSR count). The third kappa shape index (κ3) is 104. The van der Waals surface area contributed by atoms with Crippen LogP contribution in [-0.4, -0.2) is 21.4 Å². The molecule has 0 saturated heterocycles. The Labute approximate surface area is 56.7 Å². The van der Waals surface area contributed by atoms with Gasteiger partial charge in [-0.2, -0.15) is 0 Å². The SMILES string of the molecule is CC(=O)O.N.N.O=[N+]([O-])O. The highest BCUT2D eigenvalue weighted by atomic mass is 16.9. The molecular weight excluding hydrogens is 146 g/mol. The van der Waals surface area contributed by atoms with Gasteiger partial charge in [0, 0.05) is 6.92 Å². The molecule has 0 aromatic carbocycles. The molecule has 0 amide bonds. The molecule has 0 atom stereocenters. The zero-order valence-corrected chi connectivity index (χ0v) is 5.48. The van der Waals surface area contributed by atoms with Gasteiger partial charge in [0.05, 0.1) is 0 Å². The van der Waals surface area contributed by atoms with Crippen molar-refractivity contribution in [3.63, 3.8) is 0 Å². The first-order valence-electron chi connectivity index (χ1n) is 1.49. The fourth-order valence-electron chi connectivity index (χ4n) is 0. The highest BCUT2D eigenvalue weighted by Crippen LogP contribution is 1.42. The minimum absolute atomic E-state index is 0. The first kappa shape index (κ1) is 23.5. The highest BCUT2D eigenvalue weighted by molar-refractivity contribution is 5.62. The third-order valence-electron chi connectivity index (χ3n) is 0. The Morgan fingerprint density at radius 3 is 1.50 bits per heavy atom. The van der Waals surface area contributed by atoms with Crippen molar-refractivity contribution in [3.8, 4) is 0 Å². The second kappa shape index (κ2) is 15.6. The first-order valence-corrected chi connectivity index (χ1v) is 1.49. The summed E-state index contributed by atoms with van der Waals surface area (Å²) < 4.78 is 0. The third-order valence-corrected chi connectivity index (χ3v) is 0. The number of aliphatic carboxylic acids is 1. The Morgan fingerprint density at radius 2 is 1.50 bits per heavy atom. The lowest BCUT2D eigenvalue weighted by Gasteiger charge is -1.59. The predicted molar refractivity (Wildman–Crippen MR) is 32.1 cm³/mol. The van der Waals surface area contributed by atoms with Crippen LogP contribution in [-0.2, 0) is 4.79 Å². The zero-order chi connectivity index (χ0) is 7.15. The summed E-state index contributed by atoms with van der Waals surface area (Å²) in [6, 6.07) is 0. The van der Waals surface area contributed by atoms with Gasteiger partial charge in [-0.15, -0.1) is 10.1 Å². The van der Waals surface area contributed by atoms with E-state index >= 15 is 0 Å². The molecule has 0 fully saturated rings. The van der Waals surface area contributed by atoms with Gasteiger partial charge in [-0.05, 0) is 0 Å². The van der Waals surface area contributed by atoms with Crippen LogP contribution in [0.15, 0.2) is 0 Å². The van der Waals surface area contributed by atoms with Gasteiger partial charge in [-0.25, -0.2) is 0 Å². The van der Waals surface area contributed by atoms with E-state index in [-0.39, 0.29) is 12.3 Å². The molecule has 0 heterocycles. The van der Waals surface area contributed by atoms with E-state index in [2.05, 4.69) is 0 Å². The smallest absolute Gasteiger partial charge is 0.300 e. The van der Waals surface area contributed by atoms with Crippen molar-refractivity contribution >= 4 is 5.97 Å². The zero-order valence-electron chi connectivity index (χ0n) is 5.48. The van der Waals surface area contributed by atoms with Gasteiger partial charge >= 0.3 is 0 Å². The van der Waals surface area contributed by atoms with Crippen LogP contribution in [0.3, 0.4) is 0 Å². The van der Waals surface area contributed by atoms with Crippen molar-refractivity contribution in [2.75, 3.05) is 0 Å². The van der Waals surface area contributed by atoms with Gasteiger partial charge in [0.25, 0.3) is 11.1 Å². The summed E-state index contributed by atoms with van der Waals surface area (Å²) in [6.45, 7) is 1.08. The number of rotatable bonds is 0. The topological polar surface area (TPSA) is 171 Å². The van der Waals surface area contributed by atoms with Crippen LogP contribution in [0, 0.1) is 10.1 Å². The summed E-state index contributed by atoms with van der Waals surface area (Å²) in [4.78, 5) is 17.4. The summed E-state index contributed by atoms with van der Waals surface area (Å²) >= 11 is 0. The fourth-order valence-corrected chi connectivity index (χ4v) is 0. The molecule has 8 N–H and O–H groups in total. The van der Waals surface area contributed by atoms with E-state index in [4.69, 9.17) is 25.2 Å². The first-order chi connectivity index (χ1) is 3.46. The second-order valence-corrected chi connectivity index (χ2v) is 0.757.